The first-order valence-electron chi connectivity index (χ1n) is 4.62. The highest BCUT2D eigenvalue weighted by Crippen LogP contribution is 2.27. The van der Waals surface area contributed by atoms with E-state index in [1.165, 1.54) is 0 Å². The molecule has 7 heteroatoms. The van der Waals surface area contributed by atoms with Crippen LogP contribution in [-0.2, 0) is 0 Å². The van der Waals surface area contributed by atoms with Crippen LogP contribution in [-0.4, -0.2) is 4.98 Å². The van der Waals surface area contributed by atoms with Gasteiger partial charge in [0.2, 0.25) is 5.82 Å². The van der Waals surface area contributed by atoms with Crippen molar-refractivity contribution in [2.24, 2.45) is 0 Å². The van der Waals surface area contributed by atoms with Crippen LogP contribution in [0.5, 0.6) is 11.6 Å². The summed E-state index contributed by atoms with van der Waals surface area (Å²) < 4.78 is 69.0. The van der Waals surface area contributed by atoms with Crippen LogP contribution in [0.15, 0.2) is 24.3 Å². The lowest BCUT2D eigenvalue weighted by atomic mass is 10.3. The van der Waals surface area contributed by atoms with Crippen molar-refractivity contribution in [1.82, 2.24) is 4.98 Å². The maximum Gasteiger partial charge on any atom is 0.258 e. The zero-order valence-corrected chi connectivity index (χ0v) is 8.55. The van der Waals surface area contributed by atoms with Crippen LogP contribution in [0.25, 0.3) is 0 Å². The molecule has 1 aromatic heterocycles. The lowest BCUT2D eigenvalue weighted by Gasteiger charge is -2.07. The van der Waals surface area contributed by atoms with Gasteiger partial charge in [0.05, 0.1) is 0 Å². The number of halogens is 5. The van der Waals surface area contributed by atoms with Crippen LogP contribution in [0.2, 0.25) is 0 Å². The first kappa shape index (κ1) is 12.3. The Balaban J connectivity index is 2.40. The van der Waals surface area contributed by atoms with Crippen LogP contribution in [0.1, 0.15) is 0 Å². The van der Waals surface area contributed by atoms with E-state index >= 15 is 0 Å². The van der Waals surface area contributed by atoms with Crippen molar-refractivity contribution in [2.75, 3.05) is 0 Å². The van der Waals surface area contributed by atoms with Gasteiger partial charge in [0.15, 0.2) is 23.2 Å². The van der Waals surface area contributed by atoms with Crippen LogP contribution in [0.4, 0.5) is 22.0 Å². The minimum atomic E-state index is -1.61. The highest BCUT2D eigenvalue weighted by molar-refractivity contribution is 5.30. The van der Waals surface area contributed by atoms with Crippen molar-refractivity contribution in [3.63, 3.8) is 0 Å². The monoisotopic (exact) mass is 261 g/mol. The molecule has 0 atom stereocenters. The molecule has 0 unspecified atom stereocenters. The Labute approximate surface area is 97.6 Å². The molecule has 0 saturated heterocycles. The van der Waals surface area contributed by atoms with Crippen LogP contribution < -0.4 is 4.74 Å². The summed E-state index contributed by atoms with van der Waals surface area (Å²) in [6.07, 6.45) is 0. The second-order valence-electron chi connectivity index (χ2n) is 3.20. The first-order valence-corrected chi connectivity index (χ1v) is 4.62. The number of hydrogen-bond acceptors (Lipinski definition) is 2. The number of rotatable bonds is 2. The Bertz CT molecular complexity index is 602. The number of ether oxygens (including phenoxy) is 1. The van der Waals surface area contributed by atoms with Crippen molar-refractivity contribution in [3.8, 4) is 11.6 Å². The molecule has 0 aliphatic carbocycles. The summed E-state index contributed by atoms with van der Waals surface area (Å²) >= 11 is 0. The predicted molar refractivity (Wildman–Crippen MR) is 50.5 cm³/mol. The number of aromatic nitrogens is 1. The molecular weight excluding hydrogens is 257 g/mol. The third-order valence-electron chi connectivity index (χ3n) is 1.98. The van der Waals surface area contributed by atoms with Gasteiger partial charge in [0, 0.05) is 6.07 Å². The van der Waals surface area contributed by atoms with Gasteiger partial charge in [-0.15, -0.1) is 0 Å². The molecule has 1 aromatic carbocycles. The topological polar surface area (TPSA) is 22.1 Å². The van der Waals surface area contributed by atoms with E-state index in [0.29, 0.717) is 0 Å². The summed E-state index contributed by atoms with van der Waals surface area (Å²) in [7, 11) is 0. The normalized spacial score (nSPS) is 10.5. The highest BCUT2D eigenvalue weighted by Gasteiger charge is 2.16. The molecule has 0 aliphatic rings. The fourth-order valence-corrected chi connectivity index (χ4v) is 1.17. The quantitative estimate of drug-likeness (QED) is 0.609. The van der Waals surface area contributed by atoms with Gasteiger partial charge < -0.3 is 4.74 Å². The van der Waals surface area contributed by atoms with Gasteiger partial charge in [-0.3, -0.25) is 0 Å². The van der Waals surface area contributed by atoms with Crippen LogP contribution >= 0.6 is 0 Å². The van der Waals surface area contributed by atoms with Gasteiger partial charge >= 0.3 is 0 Å². The maximum absolute atomic E-state index is 13.2. The number of hydrogen-bond donors (Lipinski definition) is 0. The maximum atomic E-state index is 13.2. The van der Waals surface area contributed by atoms with Gasteiger partial charge in [-0.1, -0.05) is 6.07 Å². The molecule has 0 saturated carbocycles. The SMILES string of the molecule is Fc1cc(F)c(Oc2cccc(F)c2F)nc1F. The van der Waals surface area contributed by atoms with Crippen LogP contribution in [0, 0.1) is 29.2 Å². The second kappa shape index (κ2) is 4.59. The molecule has 18 heavy (non-hydrogen) atoms. The van der Waals surface area contributed by atoms with Crippen molar-refractivity contribution >= 4 is 0 Å². The smallest absolute Gasteiger partial charge is 0.258 e. The van der Waals surface area contributed by atoms with Crippen molar-refractivity contribution in [2.45, 2.75) is 0 Å². The molecule has 0 amide bonds. The molecule has 0 N–H and O–H groups in total. The van der Waals surface area contributed by atoms with Gasteiger partial charge in [0.1, 0.15) is 0 Å². The van der Waals surface area contributed by atoms with E-state index in [-0.39, 0.29) is 6.07 Å². The number of benzene rings is 1. The average molecular weight is 261 g/mol. The second-order valence-corrected chi connectivity index (χ2v) is 3.20. The van der Waals surface area contributed by atoms with Gasteiger partial charge in [0.25, 0.3) is 11.8 Å². The summed E-state index contributed by atoms with van der Waals surface area (Å²) in [6, 6.07) is 3.10. The van der Waals surface area contributed by atoms with Crippen molar-refractivity contribution in [1.29, 1.82) is 0 Å². The Morgan fingerprint density at radius 1 is 0.889 bits per heavy atom. The Kier molecular flexibility index (Phi) is 3.14. The molecule has 0 radical (unpaired) electrons. The van der Waals surface area contributed by atoms with E-state index in [2.05, 4.69) is 9.72 Å². The molecule has 94 valence electrons. The van der Waals surface area contributed by atoms with E-state index in [9.17, 15) is 22.0 Å². The van der Waals surface area contributed by atoms with Crippen molar-refractivity contribution in [3.05, 3.63) is 53.5 Å². The molecule has 2 rings (SSSR count). The van der Waals surface area contributed by atoms with E-state index < -0.39 is 40.8 Å². The molecule has 0 spiro atoms. The van der Waals surface area contributed by atoms with Gasteiger partial charge in [-0.05, 0) is 12.1 Å². The fourth-order valence-electron chi connectivity index (χ4n) is 1.17. The third-order valence-corrected chi connectivity index (χ3v) is 1.98. The molecule has 0 aliphatic heterocycles. The summed E-state index contributed by atoms with van der Waals surface area (Å²) in [5.41, 5.74) is 0. The summed E-state index contributed by atoms with van der Waals surface area (Å²) in [5.74, 6) is -8.75. The third kappa shape index (κ3) is 2.24. The average Bonchev–Trinajstić information content (AvgIpc) is 2.32. The van der Waals surface area contributed by atoms with Crippen LogP contribution in [0.3, 0.4) is 0 Å². The zero-order chi connectivity index (χ0) is 13.3. The van der Waals surface area contributed by atoms with E-state index in [1.54, 1.807) is 0 Å². The Morgan fingerprint density at radius 3 is 2.33 bits per heavy atom. The standard InChI is InChI=1S/C11H4F5NO/c12-5-2-1-3-8(9(5)15)18-11-7(14)4-6(13)10(16)17-11/h1-4H. The molecule has 1 heterocycles. The van der Waals surface area contributed by atoms with Gasteiger partial charge in [-0.2, -0.15) is 13.8 Å². The summed E-state index contributed by atoms with van der Waals surface area (Å²) in [5, 5.41) is 0. The van der Waals surface area contributed by atoms with E-state index in [1.807, 2.05) is 0 Å². The first-order chi connectivity index (χ1) is 8.49. The predicted octanol–water partition coefficient (Wildman–Crippen LogP) is 3.57. The summed E-state index contributed by atoms with van der Waals surface area (Å²) in [4.78, 5) is 2.81. The lowest BCUT2D eigenvalue weighted by Crippen LogP contribution is -1.99. The molecule has 0 bridgehead atoms. The molecule has 0 fully saturated rings. The number of nitrogens with zero attached hydrogens (tertiary/aromatic N) is 1. The minimum Gasteiger partial charge on any atom is -0.433 e. The Morgan fingerprint density at radius 2 is 1.61 bits per heavy atom. The number of pyridine rings is 1. The largest absolute Gasteiger partial charge is 0.433 e. The molecular formula is C11H4F5NO. The fraction of sp³-hybridized carbons (Fsp3) is 0. The Hall–Kier alpha value is -2.18. The summed E-state index contributed by atoms with van der Waals surface area (Å²) in [6.45, 7) is 0. The highest BCUT2D eigenvalue weighted by atomic mass is 19.2. The molecule has 2 nitrogen and oxygen atoms in total. The lowest BCUT2D eigenvalue weighted by molar-refractivity contribution is 0.364. The van der Waals surface area contributed by atoms with E-state index in [4.69, 9.17) is 0 Å². The minimum absolute atomic E-state index is 0.189. The molecule has 2 aromatic rings. The van der Waals surface area contributed by atoms with Crippen molar-refractivity contribution < 1.29 is 26.7 Å². The van der Waals surface area contributed by atoms with Gasteiger partial charge in [-0.25, -0.2) is 13.2 Å². The zero-order valence-electron chi connectivity index (χ0n) is 8.55. The van der Waals surface area contributed by atoms with E-state index in [0.717, 1.165) is 18.2 Å².